The Kier molecular flexibility index (Phi) is 5.52. The van der Waals surface area contributed by atoms with Crippen molar-refractivity contribution in [1.29, 1.82) is 0 Å². The number of rotatable bonds is 5. The van der Waals surface area contributed by atoms with Gasteiger partial charge in [0.25, 0.3) is 5.91 Å². The minimum atomic E-state index is -0.992. The van der Waals surface area contributed by atoms with Crippen molar-refractivity contribution in [3.63, 3.8) is 0 Å². The highest BCUT2D eigenvalue weighted by Gasteiger charge is 2.23. The fraction of sp³-hybridized carbons (Fsp3) is 0.158. The summed E-state index contributed by atoms with van der Waals surface area (Å²) < 4.78 is 5.23. The lowest BCUT2D eigenvalue weighted by atomic mass is 10.3. The molecule has 1 aromatic heterocycles. The number of aryl methyl sites for hydroxylation is 1. The van der Waals surface area contributed by atoms with Gasteiger partial charge in [-0.15, -0.1) is 5.10 Å². The van der Waals surface area contributed by atoms with Crippen molar-refractivity contribution in [2.45, 2.75) is 20.0 Å². The van der Waals surface area contributed by atoms with E-state index in [4.69, 9.17) is 16.3 Å². The van der Waals surface area contributed by atoms with Crippen LogP contribution in [0.2, 0.25) is 5.02 Å². The number of halogens is 1. The first-order valence-electron chi connectivity index (χ1n) is 8.21. The van der Waals surface area contributed by atoms with Crippen LogP contribution < -0.4 is 5.32 Å². The highest BCUT2D eigenvalue weighted by Crippen LogP contribution is 2.15. The van der Waals surface area contributed by atoms with E-state index in [1.54, 1.807) is 55.5 Å². The van der Waals surface area contributed by atoms with Gasteiger partial charge in [0.15, 0.2) is 11.8 Å². The number of aromatic nitrogens is 3. The quantitative estimate of drug-likeness (QED) is 0.681. The van der Waals surface area contributed by atoms with Crippen LogP contribution in [-0.2, 0) is 9.53 Å². The number of anilines is 1. The molecule has 0 fully saturated rings. The summed E-state index contributed by atoms with van der Waals surface area (Å²) in [5, 5.41) is 11.6. The van der Waals surface area contributed by atoms with Gasteiger partial charge in [-0.1, -0.05) is 35.9 Å². The maximum atomic E-state index is 12.4. The van der Waals surface area contributed by atoms with Crippen LogP contribution in [0.1, 0.15) is 23.1 Å². The number of benzene rings is 2. The number of hydrogen-bond donors (Lipinski definition) is 1. The first-order chi connectivity index (χ1) is 12.9. The van der Waals surface area contributed by atoms with Gasteiger partial charge in [-0.3, -0.25) is 4.79 Å². The zero-order valence-electron chi connectivity index (χ0n) is 14.7. The molecule has 1 amide bonds. The number of nitrogens with one attached hydrogen (secondary N) is 1. The monoisotopic (exact) mass is 384 g/mol. The van der Waals surface area contributed by atoms with Crippen LogP contribution in [-0.4, -0.2) is 33.0 Å². The van der Waals surface area contributed by atoms with E-state index in [2.05, 4.69) is 15.5 Å². The van der Waals surface area contributed by atoms with Gasteiger partial charge in [-0.2, -0.15) is 9.90 Å². The second kappa shape index (κ2) is 8.01. The Morgan fingerprint density at radius 2 is 1.85 bits per heavy atom. The number of ether oxygens (including phenoxy) is 1. The molecule has 0 aliphatic carbocycles. The van der Waals surface area contributed by atoms with Gasteiger partial charge in [0.2, 0.25) is 0 Å². The van der Waals surface area contributed by atoms with Crippen molar-refractivity contribution in [2.24, 2.45) is 0 Å². The molecule has 0 saturated heterocycles. The Morgan fingerprint density at radius 1 is 1.11 bits per heavy atom. The van der Waals surface area contributed by atoms with Crippen LogP contribution in [0.15, 0.2) is 54.6 Å². The topological polar surface area (TPSA) is 86.1 Å². The van der Waals surface area contributed by atoms with Gasteiger partial charge in [-0.25, -0.2) is 4.79 Å². The molecule has 0 unspecified atom stereocenters. The van der Waals surface area contributed by atoms with Crippen molar-refractivity contribution in [3.05, 3.63) is 71.0 Å². The summed E-state index contributed by atoms with van der Waals surface area (Å²) in [6, 6.07) is 15.8. The Bertz CT molecular complexity index is 972. The van der Waals surface area contributed by atoms with Gasteiger partial charge < -0.3 is 10.1 Å². The molecule has 2 aromatic carbocycles. The fourth-order valence-corrected chi connectivity index (χ4v) is 2.50. The predicted molar refractivity (Wildman–Crippen MR) is 101 cm³/mol. The summed E-state index contributed by atoms with van der Waals surface area (Å²) in [5.41, 5.74) is 1.65. The minimum absolute atomic E-state index is 0.0364. The van der Waals surface area contributed by atoms with Gasteiger partial charge in [0.05, 0.1) is 11.4 Å². The van der Waals surface area contributed by atoms with Crippen molar-refractivity contribution < 1.29 is 14.3 Å². The van der Waals surface area contributed by atoms with E-state index in [9.17, 15) is 9.59 Å². The molecule has 138 valence electrons. The van der Waals surface area contributed by atoms with Gasteiger partial charge in [0, 0.05) is 10.7 Å². The fourth-order valence-electron chi connectivity index (χ4n) is 2.32. The molecule has 1 atom stereocenters. The molecule has 0 bridgehead atoms. The second-order valence-electron chi connectivity index (χ2n) is 5.81. The summed E-state index contributed by atoms with van der Waals surface area (Å²) in [6.07, 6.45) is -0.992. The number of amides is 1. The third-order valence-corrected chi connectivity index (χ3v) is 3.94. The van der Waals surface area contributed by atoms with Crippen LogP contribution in [0, 0.1) is 6.92 Å². The maximum absolute atomic E-state index is 12.4. The lowest BCUT2D eigenvalue weighted by Gasteiger charge is -2.12. The molecule has 3 aromatic rings. The predicted octanol–water partition coefficient (Wildman–Crippen LogP) is 3.41. The largest absolute Gasteiger partial charge is 0.448 e. The lowest BCUT2D eigenvalue weighted by molar-refractivity contribution is -0.123. The summed E-state index contributed by atoms with van der Waals surface area (Å²) in [7, 11) is 0. The zero-order valence-corrected chi connectivity index (χ0v) is 15.5. The van der Waals surface area contributed by atoms with E-state index in [0.717, 1.165) is 0 Å². The van der Waals surface area contributed by atoms with E-state index in [1.165, 1.54) is 11.7 Å². The Morgan fingerprint density at radius 3 is 2.56 bits per heavy atom. The van der Waals surface area contributed by atoms with Crippen LogP contribution >= 0.6 is 11.6 Å². The molecule has 27 heavy (non-hydrogen) atoms. The molecular weight excluding hydrogens is 368 g/mol. The van der Waals surface area contributed by atoms with Crippen LogP contribution in [0.3, 0.4) is 0 Å². The third kappa shape index (κ3) is 4.51. The van der Waals surface area contributed by atoms with Crippen molar-refractivity contribution in [3.8, 4) is 5.69 Å². The minimum Gasteiger partial charge on any atom is -0.448 e. The van der Waals surface area contributed by atoms with Gasteiger partial charge in [-0.05, 0) is 44.2 Å². The molecule has 8 heteroatoms. The molecule has 3 rings (SSSR count). The molecule has 7 nitrogen and oxygen atoms in total. The van der Waals surface area contributed by atoms with Gasteiger partial charge in [0.1, 0.15) is 0 Å². The Labute approximate surface area is 160 Å². The summed E-state index contributed by atoms with van der Waals surface area (Å²) in [6.45, 7) is 3.13. The normalized spacial score (nSPS) is 11.7. The summed E-state index contributed by atoms with van der Waals surface area (Å²) in [5.74, 6) is -1.16. The molecule has 1 heterocycles. The lowest BCUT2D eigenvalue weighted by Crippen LogP contribution is -2.30. The van der Waals surface area contributed by atoms with Crippen molar-refractivity contribution >= 4 is 29.2 Å². The third-order valence-electron chi connectivity index (χ3n) is 3.71. The molecule has 1 N–H and O–H groups in total. The highest BCUT2D eigenvalue weighted by molar-refractivity contribution is 6.30. The van der Waals surface area contributed by atoms with E-state index in [1.807, 2.05) is 6.07 Å². The van der Waals surface area contributed by atoms with Crippen LogP contribution in [0.5, 0.6) is 0 Å². The summed E-state index contributed by atoms with van der Waals surface area (Å²) in [4.78, 5) is 25.9. The SMILES string of the molecule is Cc1nn(-c2cccc(Cl)c2)nc1C(=O)O[C@@H](C)C(=O)Nc1ccccc1. The van der Waals surface area contributed by atoms with E-state index >= 15 is 0 Å². The standard InChI is InChI=1S/C19H17ClN4O3/c1-12-17(23-24(22-12)16-10-6-7-14(20)11-16)19(26)27-13(2)18(25)21-15-8-4-3-5-9-15/h3-11,13H,1-2H3,(H,21,25)/t13-/m0/s1. The number of carbonyl (C=O) groups excluding carboxylic acids is 2. The average Bonchev–Trinajstić information content (AvgIpc) is 3.04. The molecule has 0 spiro atoms. The van der Waals surface area contributed by atoms with E-state index < -0.39 is 18.0 Å². The number of nitrogens with zero attached hydrogens (tertiary/aromatic N) is 3. The molecular formula is C19H17ClN4O3. The number of hydrogen-bond acceptors (Lipinski definition) is 5. The van der Waals surface area contributed by atoms with Gasteiger partial charge >= 0.3 is 5.97 Å². The number of carbonyl (C=O) groups is 2. The van der Waals surface area contributed by atoms with Crippen molar-refractivity contribution in [1.82, 2.24) is 15.0 Å². The second-order valence-corrected chi connectivity index (χ2v) is 6.24. The molecule has 0 radical (unpaired) electrons. The molecule has 0 aliphatic heterocycles. The van der Waals surface area contributed by atoms with Crippen LogP contribution in [0.25, 0.3) is 5.69 Å². The smallest absolute Gasteiger partial charge is 0.361 e. The number of para-hydroxylation sites is 1. The summed E-state index contributed by atoms with van der Waals surface area (Å²) >= 11 is 5.97. The Hall–Kier alpha value is -3.19. The first kappa shape index (κ1) is 18.6. The average molecular weight is 385 g/mol. The Balaban J connectivity index is 1.70. The van der Waals surface area contributed by atoms with Crippen molar-refractivity contribution in [2.75, 3.05) is 5.32 Å². The van der Waals surface area contributed by atoms with E-state index in [0.29, 0.717) is 22.1 Å². The zero-order chi connectivity index (χ0) is 19.4. The molecule has 0 aliphatic rings. The van der Waals surface area contributed by atoms with Crippen LogP contribution in [0.4, 0.5) is 5.69 Å². The number of esters is 1. The molecule has 0 saturated carbocycles. The van der Waals surface area contributed by atoms with E-state index in [-0.39, 0.29) is 5.69 Å². The first-order valence-corrected chi connectivity index (χ1v) is 8.58. The highest BCUT2D eigenvalue weighted by atomic mass is 35.5. The maximum Gasteiger partial charge on any atom is 0.361 e.